The summed E-state index contributed by atoms with van der Waals surface area (Å²) in [6, 6.07) is 0. The van der Waals surface area contributed by atoms with E-state index in [4.69, 9.17) is 0 Å². The number of allylic oxidation sites excluding steroid dienone is 4. The van der Waals surface area contributed by atoms with E-state index in [0.29, 0.717) is 24.8 Å². The van der Waals surface area contributed by atoms with Crippen LogP contribution in [-0.2, 0) is 14.3 Å². The first-order valence-electron chi connectivity index (χ1n) is 10.2. The van der Waals surface area contributed by atoms with Gasteiger partial charge in [-0.3, -0.25) is 4.79 Å². The molecule has 0 spiro atoms. The van der Waals surface area contributed by atoms with Gasteiger partial charge < -0.3 is 20.1 Å². The van der Waals surface area contributed by atoms with Gasteiger partial charge in [-0.05, 0) is 57.1 Å². The fourth-order valence-corrected chi connectivity index (χ4v) is 7.00. The lowest BCUT2D eigenvalue weighted by molar-refractivity contribution is -0.236. The Bertz CT molecular complexity index is 822. The SMILES string of the molecule is COC(=O)[C@H](O)[C@@]1(O)CC[C@H]2[C@@H]3CCC4=CC(=O)C=C[C@]4(C)[C@@]3(F)[C@@H](O)C[C@@]21C. The number of halogens is 1. The Balaban J connectivity index is 1.78. The van der Waals surface area contributed by atoms with Crippen molar-refractivity contribution in [2.75, 3.05) is 7.11 Å². The molecule has 3 saturated carbocycles. The Hall–Kier alpha value is -1.57. The summed E-state index contributed by atoms with van der Waals surface area (Å²) in [7, 11) is 1.14. The number of fused-ring (bicyclic) bond motifs is 5. The van der Waals surface area contributed by atoms with Crippen LogP contribution in [0.3, 0.4) is 0 Å². The molecule has 4 aliphatic carbocycles. The third-order valence-corrected chi connectivity index (χ3v) is 8.73. The second kappa shape index (κ2) is 6.22. The molecule has 3 fully saturated rings. The molecule has 3 N–H and O–H groups in total. The number of carbonyl (C=O) groups is 2. The summed E-state index contributed by atoms with van der Waals surface area (Å²) < 4.78 is 21.5. The Morgan fingerprint density at radius 1 is 1.31 bits per heavy atom. The molecule has 4 aliphatic rings. The Morgan fingerprint density at radius 3 is 2.66 bits per heavy atom. The van der Waals surface area contributed by atoms with Crippen LogP contribution in [-0.4, -0.2) is 57.7 Å². The number of carbonyl (C=O) groups excluding carboxylic acids is 2. The van der Waals surface area contributed by atoms with Crippen molar-refractivity contribution >= 4 is 11.8 Å². The van der Waals surface area contributed by atoms with Crippen molar-refractivity contribution in [3.05, 3.63) is 23.8 Å². The van der Waals surface area contributed by atoms with Gasteiger partial charge in [-0.25, -0.2) is 9.18 Å². The molecule has 0 amide bonds. The molecule has 0 bridgehead atoms. The second-order valence-electron chi connectivity index (χ2n) is 9.65. The number of hydrogen-bond donors (Lipinski definition) is 3. The van der Waals surface area contributed by atoms with Crippen LogP contribution in [0.2, 0.25) is 0 Å². The minimum absolute atomic E-state index is 0.0973. The standard InChI is InChI=1S/C22H29FO6/c1-19-8-6-13(24)10-12(19)4-5-15-14-7-9-21(28,17(26)18(27)29-3)20(14,2)11-16(25)22(15,19)23/h6,8,10,14-17,25-26,28H,4-5,7,9,11H2,1-3H3/t14-,15-,16-,17-,19-,20-,21-,22-/m0/s1. The van der Waals surface area contributed by atoms with Crippen LogP contribution in [0.15, 0.2) is 23.8 Å². The minimum Gasteiger partial charge on any atom is -0.467 e. The number of aliphatic hydroxyl groups is 3. The number of ether oxygens (including phenoxy) is 1. The third kappa shape index (κ3) is 2.32. The monoisotopic (exact) mass is 408 g/mol. The molecule has 4 rings (SSSR count). The highest BCUT2D eigenvalue weighted by Gasteiger charge is 2.74. The van der Waals surface area contributed by atoms with Crippen LogP contribution >= 0.6 is 0 Å². The Labute approximate surface area is 169 Å². The molecule has 160 valence electrons. The van der Waals surface area contributed by atoms with Gasteiger partial charge in [-0.1, -0.05) is 18.6 Å². The Kier molecular flexibility index (Phi) is 4.44. The van der Waals surface area contributed by atoms with E-state index in [2.05, 4.69) is 4.74 Å². The molecular formula is C22H29FO6. The number of alkyl halides is 1. The van der Waals surface area contributed by atoms with E-state index in [-0.39, 0.29) is 24.5 Å². The van der Waals surface area contributed by atoms with Crippen molar-refractivity contribution in [1.82, 2.24) is 0 Å². The molecule has 0 unspecified atom stereocenters. The zero-order chi connectivity index (χ0) is 21.4. The van der Waals surface area contributed by atoms with Crippen LogP contribution < -0.4 is 0 Å². The normalized spacial score (nSPS) is 49.6. The van der Waals surface area contributed by atoms with Gasteiger partial charge >= 0.3 is 5.97 Å². The van der Waals surface area contributed by atoms with Crippen LogP contribution in [0.4, 0.5) is 4.39 Å². The quantitative estimate of drug-likeness (QED) is 0.600. The first kappa shape index (κ1) is 20.7. The molecule has 0 aromatic heterocycles. The number of hydrogen-bond acceptors (Lipinski definition) is 6. The van der Waals surface area contributed by atoms with Crippen LogP contribution in [0.5, 0.6) is 0 Å². The summed E-state index contributed by atoms with van der Waals surface area (Å²) in [6.45, 7) is 3.46. The lowest BCUT2D eigenvalue weighted by atomic mass is 9.44. The van der Waals surface area contributed by atoms with Crippen LogP contribution in [0.1, 0.15) is 46.0 Å². The van der Waals surface area contributed by atoms with E-state index in [1.807, 2.05) is 0 Å². The van der Waals surface area contributed by atoms with Crippen molar-refractivity contribution in [2.45, 2.75) is 69.4 Å². The maximum absolute atomic E-state index is 16.9. The first-order chi connectivity index (χ1) is 13.5. The fourth-order valence-electron chi connectivity index (χ4n) is 7.00. The van der Waals surface area contributed by atoms with Gasteiger partial charge in [0.2, 0.25) is 0 Å². The van der Waals surface area contributed by atoms with Crippen molar-refractivity contribution in [3.8, 4) is 0 Å². The molecule has 29 heavy (non-hydrogen) atoms. The summed E-state index contributed by atoms with van der Waals surface area (Å²) in [6.07, 6.45) is 2.65. The highest BCUT2D eigenvalue weighted by molar-refractivity contribution is 6.01. The fraction of sp³-hybridized carbons (Fsp3) is 0.727. The minimum atomic E-state index is -2.00. The van der Waals surface area contributed by atoms with E-state index >= 15 is 4.39 Å². The summed E-state index contributed by atoms with van der Waals surface area (Å²) in [5.41, 5.74) is -5.27. The van der Waals surface area contributed by atoms with E-state index in [9.17, 15) is 24.9 Å². The molecule has 0 radical (unpaired) electrons. The molecule has 6 nitrogen and oxygen atoms in total. The number of esters is 1. The van der Waals surface area contributed by atoms with Crippen molar-refractivity contribution in [2.24, 2.45) is 22.7 Å². The summed E-state index contributed by atoms with van der Waals surface area (Å²) in [5, 5.41) is 33.0. The van der Waals surface area contributed by atoms with Gasteiger partial charge in [0, 0.05) is 16.7 Å². The number of rotatable bonds is 2. The third-order valence-electron chi connectivity index (χ3n) is 8.73. The molecule has 0 aliphatic heterocycles. The van der Waals surface area contributed by atoms with Gasteiger partial charge in [0.15, 0.2) is 17.6 Å². The smallest absolute Gasteiger partial charge is 0.337 e. The molecule has 0 heterocycles. The van der Waals surface area contributed by atoms with Gasteiger partial charge in [0.25, 0.3) is 0 Å². The first-order valence-corrected chi connectivity index (χ1v) is 10.2. The number of ketones is 1. The predicted molar refractivity (Wildman–Crippen MR) is 101 cm³/mol. The molecule has 8 atom stereocenters. The zero-order valence-corrected chi connectivity index (χ0v) is 17.0. The maximum atomic E-state index is 16.9. The van der Waals surface area contributed by atoms with E-state index < -0.39 is 46.2 Å². The van der Waals surface area contributed by atoms with Gasteiger partial charge in [-0.2, -0.15) is 0 Å². The van der Waals surface area contributed by atoms with Gasteiger partial charge in [0.05, 0.1) is 13.2 Å². The lowest BCUT2D eigenvalue weighted by Crippen LogP contribution is -2.69. The molecule has 0 aromatic carbocycles. The largest absolute Gasteiger partial charge is 0.467 e. The maximum Gasteiger partial charge on any atom is 0.337 e. The number of methoxy groups -OCH3 is 1. The topological polar surface area (TPSA) is 104 Å². The predicted octanol–water partition coefficient (Wildman–Crippen LogP) is 1.62. The highest BCUT2D eigenvalue weighted by Crippen LogP contribution is 2.70. The summed E-state index contributed by atoms with van der Waals surface area (Å²) in [5.74, 6) is -2.01. The van der Waals surface area contributed by atoms with Crippen LogP contribution in [0.25, 0.3) is 0 Å². The zero-order valence-electron chi connectivity index (χ0n) is 17.0. The van der Waals surface area contributed by atoms with Gasteiger partial charge in [-0.15, -0.1) is 0 Å². The summed E-state index contributed by atoms with van der Waals surface area (Å²) >= 11 is 0. The second-order valence-corrected chi connectivity index (χ2v) is 9.65. The lowest BCUT2D eigenvalue weighted by Gasteiger charge is -2.63. The van der Waals surface area contributed by atoms with E-state index in [1.165, 1.54) is 12.2 Å². The van der Waals surface area contributed by atoms with Crippen molar-refractivity contribution < 1.29 is 34.0 Å². The van der Waals surface area contributed by atoms with E-state index in [0.717, 1.165) is 7.11 Å². The molecule has 7 heteroatoms. The highest BCUT2D eigenvalue weighted by atomic mass is 19.1. The van der Waals surface area contributed by atoms with Crippen molar-refractivity contribution in [1.29, 1.82) is 0 Å². The summed E-state index contributed by atoms with van der Waals surface area (Å²) in [4.78, 5) is 23.8. The number of aliphatic hydroxyl groups excluding tert-OH is 2. The van der Waals surface area contributed by atoms with Crippen LogP contribution in [0, 0.1) is 22.7 Å². The molecule has 0 saturated heterocycles. The van der Waals surface area contributed by atoms with Gasteiger partial charge in [0.1, 0.15) is 5.60 Å². The average Bonchev–Trinajstić information content (AvgIpc) is 2.94. The van der Waals surface area contributed by atoms with E-state index in [1.54, 1.807) is 19.9 Å². The van der Waals surface area contributed by atoms with Crippen molar-refractivity contribution in [3.63, 3.8) is 0 Å². The Morgan fingerprint density at radius 2 is 2.00 bits per heavy atom. The average molecular weight is 408 g/mol. The molecular weight excluding hydrogens is 379 g/mol. The molecule has 0 aromatic rings.